The molecule has 30 heavy (non-hydrogen) atoms. The van der Waals surface area contributed by atoms with Crippen LogP contribution in [0, 0.1) is 5.92 Å². The van der Waals surface area contributed by atoms with Crippen LogP contribution in [0.1, 0.15) is 43.4 Å². The zero-order chi connectivity index (χ0) is 21.1. The number of rotatable bonds is 6. The van der Waals surface area contributed by atoms with Crippen molar-refractivity contribution in [2.45, 2.75) is 51.1 Å². The second-order valence-electron chi connectivity index (χ2n) is 7.87. The fourth-order valence-electron chi connectivity index (χ4n) is 4.36. The molecule has 1 unspecified atom stereocenters. The number of anilines is 1. The Hall–Kier alpha value is -2.67. The van der Waals surface area contributed by atoms with E-state index < -0.39 is 6.04 Å². The molecule has 1 aliphatic heterocycles. The van der Waals surface area contributed by atoms with Crippen molar-refractivity contribution in [3.63, 3.8) is 0 Å². The molecule has 2 aromatic rings. The average Bonchev–Trinajstić information content (AvgIpc) is 3.40. The second kappa shape index (κ2) is 9.00. The minimum absolute atomic E-state index is 0.00540. The first-order valence-corrected chi connectivity index (χ1v) is 11.3. The molecular formula is C23H26N2O4S. The molecule has 3 amide bonds. The number of carbonyl (C=O) groups is 3. The van der Waals surface area contributed by atoms with Crippen LogP contribution in [0.2, 0.25) is 0 Å². The zero-order valence-electron chi connectivity index (χ0n) is 17.1. The van der Waals surface area contributed by atoms with Crippen molar-refractivity contribution in [3.8, 4) is 5.75 Å². The van der Waals surface area contributed by atoms with E-state index in [9.17, 15) is 14.4 Å². The predicted octanol–water partition coefficient (Wildman–Crippen LogP) is 4.00. The van der Waals surface area contributed by atoms with Gasteiger partial charge in [0.15, 0.2) is 0 Å². The lowest BCUT2D eigenvalue weighted by atomic mass is 9.88. The van der Waals surface area contributed by atoms with Gasteiger partial charge in [0.05, 0.1) is 25.8 Å². The van der Waals surface area contributed by atoms with Gasteiger partial charge in [-0.2, -0.15) is 0 Å². The maximum atomic E-state index is 13.4. The lowest BCUT2D eigenvalue weighted by Gasteiger charge is -2.32. The quantitative estimate of drug-likeness (QED) is 0.655. The highest BCUT2D eigenvalue weighted by Gasteiger charge is 2.45. The summed E-state index contributed by atoms with van der Waals surface area (Å²) in [6.45, 7) is 0.368. The Morgan fingerprint density at radius 3 is 2.50 bits per heavy atom. The van der Waals surface area contributed by atoms with Crippen LogP contribution < -0.4 is 9.64 Å². The molecule has 1 aromatic heterocycles. The minimum Gasteiger partial charge on any atom is -0.497 e. The van der Waals surface area contributed by atoms with E-state index in [0.29, 0.717) is 18.0 Å². The number of imide groups is 1. The largest absolute Gasteiger partial charge is 0.497 e. The normalized spacial score (nSPS) is 19.9. The topological polar surface area (TPSA) is 66.9 Å². The number of methoxy groups -OCH3 is 1. The third-order valence-electron chi connectivity index (χ3n) is 5.97. The van der Waals surface area contributed by atoms with Gasteiger partial charge in [0.1, 0.15) is 11.8 Å². The van der Waals surface area contributed by atoms with E-state index in [0.717, 1.165) is 37.0 Å². The van der Waals surface area contributed by atoms with Crippen molar-refractivity contribution < 1.29 is 19.1 Å². The van der Waals surface area contributed by atoms with Crippen molar-refractivity contribution in [3.05, 3.63) is 46.7 Å². The van der Waals surface area contributed by atoms with E-state index in [4.69, 9.17) is 4.74 Å². The molecule has 2 aliphatic rings. The SMILES string of the molecule is COc1ccc(N2C(=O)CC(N(Cc3cccs3)C(=O)C3CCCCC3)C2=O)cc1. The minimum atomic E-state index is -0.754. The summed E-state index contributed by atoms with van der Waals surface area (Å²) in [6.07, 6.45) is 4.97. The molecule has 6 nitrogen and oxygen atoms in total. The van der Waals surface area contributed by atoms with Crippen molar-refractivity contribution >= 4 is 34.7 Å². The molecule has 4 rings (SSSR count). The van der Waals surface area contributed by atoms with Crippen molar-refractivity contribution in [2.75, 3.05) is 12.0 Å². The Kier molecular flexibility index (Phi) is 6.18. The summed E-state index contributed by atoms with van der Waals surface area (Å²) >= 11 is 1.56. The van der Waals surface area contributed by atoms with Gasteiger partial charge >= 0.3 is 0 Å². The number of ether oxygens (including phenoxy) is 1. The Bertz CT molecular complexity index is 904. The van der Waals surface area contributed by atoms with Gasteiger partial charge in [-0.1, -0.05) is 25.3 Å². The maximum absolute atomic E-state index is 13.4. The van der Waals surface area contributed by atoms with Gasteiger partial charge in [0.2, 0.25) is 11.8 Å². The molecular weight excluding hydrogens is 400 g/mol. The second-order valence-corrected chi connectivity index (χ2v) is 8.90. The molecule has 0 N–H and O–H groups in total. The van der Waals surface area contributed by atoms with Gasteiger partial charge in [-0.05, 0) is 48.6 Å². The van der Waals surface area contributed by atoms with E-state index in [1.165, 1.54) is 4.90 Å². The van der Waals surface area contributed by atoms with Gasteiger partial charge in [0, 0.05) is 10.8 Å². The lowest BCUT2D eigenvalue weighted by Crippen LogP contribution is -2.47. The number of amides is 3. The number of thiophene rings is 1. The van der Waals surface area contributed by atoms with Gasteiger partial charge in [-0.15, -0.1) is 11.3 Å². The summed E-state index contributed by atoms with van der Waals surface area (Å²) in [4.78, 5) is 43.4. The van der Waals surface area contributed by atoms with E-state index in [1.54, 1.807) is 47.6 Å². The molecule has 0 radical (unpaired) electrons. The summed E-state index contributed by atoms with van der Waals surface area (Å²) in [5, 5.41) is 1.96. The summed E-state index contributed by atoms with van der Waals surface area (Å²) in [7, 11) is 1.57. The number of hydrogen-bond donors (Lipinski definition) is 0. The van der Waals surface area contributed by atoms with Crippen LogP contribution in [-0.2, 0) is 20.9 Å². The van der Waals surface area contributed by atoms with E-state index >= 15 is 0 Å². The Morgan fingerprint density at radius 1 is 1.13 bits per heavy atom. The maximum Gasteiger partial charge on any atom is 0.257 e. The van der Waals surface area contributed by atoms with Crippen LogP contribution in [0.25, 0.3) is 0 Å². The highest BCUT2D eigenvalue weighted by molar-refractivity contribution is 7.09. The Labute approximate surface area is 180 Å². The van der Waals surface area contributed by atoms with E-state index in [2.05, 4.69) is 0 Å². The molecule has 0 spiro atoms. The summed E-state index contributed by atoms with van der Waals surface area (Å²) in [5.74, 6) is -0.00246. The molecule has 1 atom stereocenters. The van der Waals surface area contributed by atoms with Crippen molar-refractivity contribution in [1.82, 2.24) is 4.90 Å². The molecule has 0 bridgehead atoms. The van der Waals surface area contributed by atoms with Crippen LogP contribution in [-0.4, -0.2) is 35.8 Å². The first-order chi connectivity index (χ1) is 14.6. The van der Waals surface area contributed by atoms with Crippen LogP contribution >= 0.6 is 11.3 Å². The smallest absolute Gasteiger partial charge is 0.257 e. The molecule has 1 aliphatic carbocycles. The van der Waals surface area contributed by atoms with Crippen molar-refractivity contribution in [2.24, 2.45) is 5.92 Å². The van der Waals surface area contributed by atoms with Gasteiger partial charge in [-0.3, -0.25) is 14.4 Å². The molecule has 1 saturated carbocycles. The zero-order valence-corrected chi connectivity index (χ0v) is 17.9. The van der Waals surface area contributed by atoms with Gasteiger partial charge < -0.3 is 9.64 Å². The van der Waals surface area contributed by atoms with E-state index in [1.807, 2.05) is 17.5 Å². The summed E-state index contributed by atoms with van der Waals surface area (Å²) in [5.41, 5.74) is 0.509. The van der Waals surface area contributed by atoms with Crippen LogP contribution in [0.5, 0.6) is 5.75 Å². The number of carbonyl (C=O) groups excluding carboxylic acids is 3. The van der Waals surface area contributed by atoms with Crippen molar-refractivity contribution in [1.29, 1.82) is 0 Å². The van der Waals surface area contributed by atoms with Gasteiger partial charge in [-0.25, -0.2) is 4.90 Å². The Balaban J connectivity index is 1.60. The fraction of sp³-hybridized carbons (Fsp3) is 0.435. The van der Waals surface area contributed by atoms with Crippen LogP contribution in [0.15, 0.2) is 41.8 Å². The fourth-order valence-corrected chi connectivity index (χ4v) is 5.06. The molecule has 1 saturated heterocycles. The first kappa shape index (κ1) is 20.6. The predicted molar refractivity (Wildman–Crippen MR) is 115 cm³/mol. The standard InChI is InChI=1S/C23H26N2O4S/c1-29-18-11-9-17(10-12-18)25-21(26)14-20(23(25)28)24(15-19-8-5-13-30-19)22(27)16-6-3-2-4-7-16/h5,8-13,16,20H,2-4,6-7,14-15H2,1H3. The first-order valence-electron chi connectivity index (χ1n) is 10.4. The highest BCUT2D eigenvalue weighted by Crippen LogP contribution is 2.32. The monoisotopic (exact) mass is 426 g/mol. The Morgan fingerprint density at radius 2 is 1.87 bits per heavy atom. The molecule has 2 heterocycles. The average molecular weight is 427 g/mol. The third kappa shape index (κ3) is 4.12. The third-order valence-corrected chi connectivity index (χ3v) is 6.83. The summed E-state index contributed by atoms with van der Waals surface area (Å²) in [6, 6.07) is 9.99. The number of nitrogens with zero attached hydrogens (tertiary/aromatic N) is 2. The molecule has 1 aromatic carbocycles. The molecule has 158 valence electrons. The van der Waals surface area contributed by atoms with Gasteiger partial charge in [0.25, 0.3) is 5.91 Å². The highest BCUT2D eigenvalue weighted by atomic mass is 32.1. The molecule has 2 fully saturated rings. The summed E-state index contributed by atoms with van der Waals surface area (Å²) < 4.78 is 5.16. The number of benzene rings is 1. The van der Waals surface area contributed by atoms with Crippen LogP contribution in [0.4, 0.5) is 5.69 Å². The van der Waals surface area contributed by atoms with E-state index in [-0.39, 0.29) is 30.1 Å². The lowest BCUT2D eigenvalue weighted by molar-refractivity contribution is -0.143. The van der Waals surface area contributed by atoms with Crippen LogP contribution in [0.3, 0.4) is 0 Å². The number of hydrogen-bond acceptors (Lipinski definition) is 5. The molecule has 7 heteroatoms.